The van der Waals surface area contributed by atoms with Gasteiger partial charge in [0.05, 0.1) is 16.2 Å². The first-order valence-corrected chi connectivity index (χ1v) is 10.2. The van der Waals surface area contributed by atoms with Gasteiger partial charge < -0.3 is 14.9 Å². The highest BCUT2D eigenvalue weighted by Crippen LogP contribution is 2.35. The molecule has 1 fully saturated rings. The largest absolute Gasteiger partial charge is 0.479 e. The number of likely N-dealkylation sites (N-methyl/N-ethyl adjacent to an activating group) is 1. The van der Waals surface area contributed by atoms with Crippen LogP contribution in [0.25, 0.3) is 6.08 Å². The van der Waals surface area contributed by atoms with E-state index in [0.717, 1.165) is 11.8 Å². The zero-order valence-electron chi connectivity index (χ0n) is 16.8. The number of carbonyl (C=O) groups is 3. The molecule has 31 heavy (non-hydrogen) atoms. The van der Waals surface area contributed by atoms with Gasteiger partial charge in [0.2, 0.25) is 0 Å². The van der Waals surface area contributed by atoms with Crippen molar-refractivity contribution in [3.63, 3.8) is 0 Å². The molecule has 0 spiro atoms. The van der Waals surface area contributed by atoms with Crippen LogP contribution >= 0.6 is 11.8 Å². The van der Waals surface area contributed by atoms with Crippen LogP contribution in [0.3, 0.4) is 0 Å². The predicted octanol–water partition coefficient (Wildman–Crippen LogP) is 3.86. The number of benzene rings is 2. The zero-order chi connectivity index (χ0) is 22.5. The van der Waals surface area contributed by atoms with Gasteiger partial charge in [-0.2, -0.15) is 0 Å². The fraction of sp³-hybridized carbons (Fsp3) is 0.182. The van der Waals surface area contributed by atoms with Crippen LogP contribution < -0.4 is 4.74 Å². The number of para-hydroxylation sites is 2. The third-order valence-electron chi connectivity index (χ3n) is 4.48. The zero-order valence-corrected chi connectivity index (χ0v) is 17.6. The van der Waals surface area contributed by atoms with Crippen molar-refractivity contribution in [2.24, 2.45) is 4.99 Å². The Hall–Kier alpha value is -3.59. The molecule has 0 saturated carbocycles. The van der Waals surface area contributed by atoms with Crippen LogP contribution in [0.2, 0.25) is 0 Å². The van der Waals surface area contributed by atoms with E-state index in [2.05, 4.69) is 4.99 Å². The van der Waals surface area contributed by atoms with Crippen LogP contribution in [0.1, 0.15) is 29.3 Å². The Balaban J connectivity index is 1.93. The van der Waals surface area contributed by atoms with Gasteiger partial charge in [-0.05, 0) is 42.5 Å². The van der Waals surface area contributed by atoms with Gasteiger partial charge in [0.1, 0.15) is 5.75 Å². The summed E-state index contributed by atoms with van der Waals surface area (Å²) in [6.45, 7) is 1.71. The Morgan fingerprint density at radius 3 is 2.52 bits per heavy atom. The van der Waals surface area contributed by atoms with E-state index in [9.17, 15) is 24.6 Å². The molecule has 1 atom stereocenters. The summed E-state index contributed by atoms with van der Waals surface area (Å²) in [5.41, 5.74) is 0.833. The third kappa shape index (κ3) is 4.95. The van der Waals surface area contributed by atoms with Gasteiger partial charge in [0.15, 0.2) is 11.3 Å². The van der Waals surface area contributed by atoms with Crippen molar-refractivity contribution in [1.29, 1.82) is 0 Å². The minimum atomic E-state index is -1.11. The Morgan fingerprint density at radius 1 is 1.16 bits per heavy atom. The van der Waals surface area contributed by atoms with Crippen LogP contribution in [0, 0.1) is 0 Å². The molecule has 1 heterocycles. The molecular weight excluding hydrogens is 420 g/mol. The highest BCUT2D eigenvalue weighted by atomic mass is 32.2. The summed E-state index contributed by atoms with van der Waals surface area (Å²) in [6, 6.07) is 13.1. The quantitative estimate of drug-likeness (QED) is 0.628. The number of nitrogens with zero attached hydrogens (tertiary/aromatic N) is 2. The molecular formula is C22H20N2O6S. The number of rotatable bonds is 7. The molecule has 1 saturated heterocycles. The molecule has 2 N–H and O–H groups in total. The van der Waals surface area contributed by atoms with E-state index in [1.807, 2.05) is 0 Å². The minimum Gasteiger partial charge on any atom is -0.479 e. The van der Waals surface area contributed by atoms with Gasteiger partial charge in [0.25, 0.3) is 5.91 Å². The fourth-order valence-electron chi connectivity index (χ4n) is 2.82. The molecule has 1 unspecified atom stereocenters. The summed E-state index contributed by atoms with van der Waals surface area (Å²) < 4.78 is 5.62. The molecule has 0 bridgehead atoms. The number of hydrogen-bond acceptors (Lipinski definition) is 6. The molecule has 2 aromatic rings. The Labute approximate surface area is 182 Å². The summed E-state index contributed by atoms with van der Waals surface area (Å²) in [7, 11) is 1.55. The Kier molecular flexibility index (Phi) is 6.76. The number of amides is 1. The van der Waals surface area contributed by atoms with E-state index >= 15 is 0 Å². The third-order valence-corrected chi connectivity index (χ3v) is 5.54. The van der Waals surface area contributed by atoms with E-state index < -0.39 is 18.0 Å². The van der Waals surface area contributed by atoms with Crippen molar-refractivity contribution in [2.75, 3.05) is 7.05 Å². The van der Waals surface area contributed by atoms with Crippen molar-refractivity contribution in [2.45, 2.75) is 19.4 Å². The molecule has 160 valence electrons. The van der Waals surface area contributed by atoms with E-state index in [1.165, 1.54) is 11.0 Å². The lowest BCUT2D eigenvalue weighted by Crippen LogP contribution is -2.26. The maximum absolute atomic E-state index is 12.7. The van der Waals surface area contributed by atoms with Crippen LogP contribution in [0.15, 0.2) is 58.4 Å². The highest BCUT2D eigenvalue weighted by molar-refractivity contribution is 8.18. The summed E-state index contributed by atoms with van der Waals surface area (Å²) in [6.07, 6.45) is 0.897. The molecule has 9 heteroatoms. The fourth-order valence-corrected chi connectivity index (χ4v) is 3.79. The van der Waals surface area contributed by atoms with Crippen molar-refractivity contribution >= 4 is 46.5 Å². The molecule has 1 aliphatic rings. The van der Waals surface area contributed by atoms with Crippen molar-refractivity contribution in [3.8, 4) is 5.75 Å². The first kappa shape index (κ1) is 22.1. The number of aliphatic carboxylic acids is 1. The van der Waals surface area contributed by atoms with Gasteiger partial charge in [-0.25, -0.2) is 14.6 Å². The lowest BCUT2D eigenvalue weighted by molar-refractivity contribution is -0.145. The summed E-state index contributed by atoms with van der Waals surface area (Å²) in [5.74, 6) is -2.14. The van der Waals surface area contributed by atoms with Crippen molar-refractivity contribution in [1.82, 2.24) is 4.90 Å². The second kappa shape index (κ2) is 9.48. The summed E-state index contributed by atoms with van der Waals surface area (Å²) in [4.78, 5) is 41.5. The standard InChI is InChI=1S/C22H20N2O6S/c1-3-16(21(28)29)30-17-11-7-4-8-13(17)12-18-19(25)24(2)22(31-18)23-15-10-6-5-9-14(15)20(26)27/h4-12,16H,3H2,1-2H3,(H,26,27)(H,28,29)/b18-12-,23-22?. The van der Waals surface area contributed by atoms with Crippen molar-refractivity contribution < 1.29 is 29.3 Å². The first-order valence-electron chi connectivity index (χ1n) is 9.39. The number of amidine groups is 1. The average molecular weight is 440 g/mol. The Bertz CT molecular complexity index is 1090. The number of carbonyl (C=O) groups excluding carboxylic acids is 1. The molecule has 0 aliphatic carbocycles. The first-order chi connectivity index (χ1) is 14.8. The second-order valence-corrected chi connectivity index (χ2v) is 7.59. The number of aliphatic imine (C=N–C) groups is 1. The molecule has 3 rings (SSSR count). The predicted molar refractivity (Wildman–Crippen MR) is 118 cm³/mol. The van der Waals surface area contributed by atoms with Gasteiger partial charge >= 0.3 is 11.9 Å². The number of thioether (sulfide) groups is 1. The second-order valence-electron chi connectivity index (χ2n) is 6.58. The molecule has 1 aliphatic heterocycles. The topological polar surface area (TPSA) is 117 Å². The molecule has 0 radical (unpaired) electrons. The summed E-state index contributed by atoms with van der Waals surface area (Å²) in [5, 5.41) is 18.9. The van der Waals surface area contributed by atoms with Crippen LogP contribution in [-0.2, 0) is 9.59 Å². The smallest absolute Gasteiger partial charge is 0.344 e. The molecule has 1 amide bonds. The number of ether oxygens (including phenoxy) is 1. The SMILES string of the molecule is CCC(Oc1ccccc1/C=C1\SC(=Nc2ccccc2C(=O)O)N(C)C1=O)C(=O)O. The van der Waals surface area contributed by atoms with Gasteiger partial charge in [-0.1, -0.05) is 37.3 Å². The van der Waals surface area contributed by atoms with Gasteiger partial charge in [0, 0.05) is 12.6 Å². The number of aromatic carboxylic acids is 1. The summed E-state index contributed by atoms with van der Waals surface area (Å²) >= 11 is 1.10. The maximum atomic E-state index is 12.7. The molecule has 0 aromatic heterocycles. The van der Waals surface area contributed by atoms with Crippen molar-refractivity contribution in [3.05, 3.63) is 64.6 Å². The van der Waals surface area contributed by atoms with Gasteiger partial charge in [-0.15, -0.1) is 0 Å². The van der Waals surface area contributed by atoms with Crippen LogP contribution in [-0.4, -0.2) is 51.3 Å². The molecule has 2 aromatic carbocycles. The Morgan fingerprint density at radius 2 is 1.84 bits per heavy atom. The van der Waals surface area contributed by atoms with E-state index in [-0.39, 0.29) is 23.6 Å². The normalized spacial score (nSPS) is 17.2. The van der Waals surface area contributed by atoms with Gasteiger partial charge in [-0.3, -0.25) is 9.69 Å². The monoisotopic (exact) mass is 440 g/mol. The van der Waals surface area contributed by atoms with E-state index in [0.29, 0.717) is 21.4 Å². The highest BCUT2D eigenvalue weighted by Gasteiger charge is 2.31. The van der Waals surface area contributed by atoms with E-state index in [1.54, 1.807) is 62.5 Å². The lowest BCUT2D eigenvalue weighted by atomic mass is 10.1. The molecule has 8 nitrogen and oxygen atoms in total. The van der Waals surface area contributed by atoms with Crippen LogP contribution in [0.4, 0.5) is 5.69 Å². The minimum absolute atomic E-state index is 0.0342. The number of carboxylic acid groups (broad SMARTS) is 2. The van der Waals surface area contributed by atoms with Crippen LogP contribution in [0.5, 0.6) is 5.75 Å². The van der Waals surface area contributed by atoms with E-state index in [4.69, 9.17) is 4.74 Å². The average Bonchev–Trinajstić information content (AvgIpc) is 3.00. The number of hydrogen-bond donors (Lipinski definition) is 2. The number of carboxylic acids is 2. The maximum Gasteiger partial charge on any atom is 0.344 e. The lowest BCUT2D eigenvalue weighted by Gasteiger charge is -2.15.